The van der Waals surface area contributed by atoms with Crippen LogP contribution < -0.4 is 20.5 Å². The molecular formula is C20H22N2O5. The summed E-state index contributed by atoms with van der Waals surface area (Å²) in [7, 11) is 0. The van der Waals surface area contributed by atoms with Gasteiger partial charge in [0.1, 0.15) is 11.5 Å². The number of nitrogens with two attached hydrogens (primary N) is 1. The maximum Gasteiger partial charge on any atom is 0.265 e. The third-order valence-electron chi connectivity index (χ3n) is 3.69. The summed E-state index contributed by atoms with van der Waals surface area (Å²) in [6, 6.07) is 11.0. The number of amides is 2. The van der Waals surface area contributed by atoms with E-state index in [4.69, 9.17) is 15.2 Å². The van der Waals surface area contributed by atoms with Crippen molar-refractivity contribution in [3.05, 3.63) is 53.6 Å². The number of aldehydes is 1. The van der Waals surface area contributed by atoms with Crippen molar-refractivity contribution in [2.75, 3.05) is 11.9 Å². The Kier molecular flexibility index (Phi) is 6.93. The van der Waals surface area contributed by atoms with Gasteiger partial charge < -0.3 is 20.5 Å². The largest absolute Gasteiger partial charge is 0.493 e. The quantitative estimate of drug-likeness (QED) is 0.660. The SMILES string of the molecule is CCCOc1ccc(C=O)c(O[C@H](C)C(=O)Nc2ccc(C(N)=O)cc2)c1. The van der Waals surface area contributed by atoms with Crippen LogP contribution in [-0.2, 0) is 4.79 Å². The average molecular weight is 370 g/mol. The number of ether oxygens (including phenoxy) is 2. The molecule has 0 radical (unpaired) electrons. The molecular weight excluding hydrogens is 348 g/mol. The Labute approximate surface area is 157 Å². The van der Waals surface area contributed by atoms with E-state index in [0.717, 1.165) is 6.42 Å². The molecule has 0 fully saturated rings. The van der Waals surface area contributed by atoms with Crippen molar-refractivity contribution >= 4 is 23.8 Å². The van der Waals surface area contributed by atoms with Crippen LogP contribution in [0.2, 0.25) is 0 Å². The lowest BCUT2D eigenvalue weighted by Crippen LogP contribution is -2.30. The van der Waals surface area contributed by atoms with Crippen LogP contribution in [0.5, 0.6) is 11.5 Å². The van der Waals surface area contributed by atoms with Crippen molar-refractivity contribution in [2.24, 2.45) is 5.73 Å². The maximum absolute atomic E-state index is 12.3. The van der Waals surface area contributed by atoms with Gasteiger partial charge in [-0.2, -0.15) is 0 Å². The van der Waals surface area contributed by atoms with Gasteiger partial charge in [-0.25, -0.2) is 0 Å². The fraction of sp³-hybridized carbons (Fsp3) is 0.250. The first-order chi connectivity index (χ1) is 12.9. The van der Waals surface area contributed by atoms with Crippen LogP contribution in [0.15, 0.2) is 42.5 Å². The van der Waals surface area contributed by atoms with Crippen molar-refractivity contribution < 1.29 is 23.9 Å². The molecule has 0 aliphatic heterocycles. The third kappa shape index (κ3) is 5.57. The smallest absolute Gasteiger partial charge is 0.265 e. The van der Waals surface area contributed by atoms with E-state index in [2.05, 4.69) is 5.32 Å². The van der Waals surface area contributed by atoms with Gasteiger partial charge in [0.15, 0.2) is 12.4 Å². The van der Waals surface area contributed by atoms with E-state index < -0.39 is 17.9 Å². The molecule has 2 aromatic carbocycles. The molecule has 3 N–H and O–H groups in total. The molecule has 0 aliphatic carbocycles. The molecule has 7 nitrogen and oxygen atoms in total. The summed E-state index contributed by atoms with van der Waals surface area (Å²) in [5, 5.41) is 2.68. The zero-order valence-electron chi connectivity index (χ0n) is 15.2. The average Bonchev–Trinajstić information content (AvgIpc) is 2.66. The van der Waals surface area contributed by atoms with Gasteiger partial charge in [0, 0.05) is 17.3 Å². The van der Waals surface area contributed by atoms with Crippen LogP contribution in [0.3, 0.4) is 0 Å². The van der Waals surface area contributed by atoms with Gasteiger partial charge in [-0.15, -0.1) is 0 Å². The Hall–Kier alpha value is -3.35. The van der Waals surface area contributed by atoms with Crippen molar-refractivity contribution in [1.82, 2.24) is 0 Å². The Balaban J connectivity index is 2.06. The van der Waals surface area contributed by atoms with E-state index in [0.29, 0.717) is 35.5 Å². The maximum atomic E-state index is 12.3. The lowest BCUT2D eigenvalue weighted by Gasteiger charge is -2.17. The van der Waals surface area contributed by atoms with E-state index >= 15 is 0 Å². The van der Waals surface area contributed by atoms with Crippen LogP contribution in [-0.4, -0.2) is 30.8 Å². The molecule has 0 heterocycles. The third-order valence-corrected chi connectivity index (χ3v) is 3.69. The van der Waals surface area contributed by atoms with E-state index in [-0.39, 0.29) is 5.75 Å². The molecule has 0 aliphatic rings. The monoisotopic (exact) mass is 370 g/mol. The van der Waals surface area contributed by atoms with Crippen LogP contribution >= 0.6 is 0 Å². The molecule has 0 saturated heterocycles. The van der Waals surface area contributed by atoms with Crippen molar-refractivity contribution in [3.63, 3.8) is 0 Å². The minimum absolute atomic E-state index is 0.269. The van der Waals surface area contributed by atoms with Crippen molar-refractivity contribution in [1.29, 1.82) is 0 Å². The van der Waals surface area contributed by atoms with E-state index in [1.165, 1.54) is 12.1 Å². The highest BCUT2D eigenvalue weighted by molar-refractivity contribution is 5.96. The zero-order chi connectivity index (χ0) is 19.8. The van der Waals surface area contributed by atoms with Gasteiger partial charge in [-0.05, 0) is 49.7 Å². The van der Waals surface area contributed by atoms with Gasteiger partial charge in [0.2, 0.25) is 5.91 Å². The summed E-state index contributed by atoms with van der Waals surface area (Å²) in [5.74, 6) is -0.118. The summed E-state index contributed by atoms with van der Waals surface area (Å²) in [6.45, 7) is 4.10. The number of anilines is 1. The van der Waals surface area contributed by atoms with Crippen LogP contribution in [0.1, 0.15) is 41.0 Å². The molecule has 2 rings (SSSR count). The number of nitrogens with one attached hydrogen (secondary N) is 1. The molecule has 27 heavy (non-hydrogen) atoms. The summed E-state index contributed by atoms with van der Waals surface area (Å²) in [6.07, 6.45) is 0.645. The van der Waals surface area contributed by atoms with Gasteiger partial charge >= 0.3 is 0 Å². The van der Waals surface area contributed by atoms with Gasteiger partial charge in [-0.3, -0.25) is 14.4 Å². The number of primary amides is 1. The van der Waals surface area contributed by atoms with Gasteiger partial charge in [0.25, 0.3) is 5.91 Å². The molecule has 2 aromatic rings. The van der Waals surface area contributed by atoms with Crippen LogP contribution in [0, 0.1) is 0 Å². The second kappa shape index (κ2) is 9.38. The number of hydrogen-bond donors (Lipinski definition) is 2. The molecule has 142 valence electrons. The Morgan fingerprint density at radius 1 is 1.19 bits per heavy atom. The second-order valence-corrected chi connectivity index (χ2v) is 5.86. The highest BCUT2D eigenvalue weighted by Crippen LogP contribution is 2.25. The molecule has 0 spiro atoms. The van der Waals surface area contributed by atoms with Gasteiger partial charge in [0.05, 0.1) is 12.2 Å². The predicted octanol–water partition coefficient (Wildman–Crippen LogP) is 2.79. The molecule has 0 saturated carbocycles. The van der Waals surface area contributed by atoms with Crippen molar-refractivity contribution in [3.8, 4) is 11.5 Å². The number of benzene rings is 2. The first-order valence-corrected chi connectivity index (χ1v) is 8.54. The van der Waals surface area contributed by atoms with Crippen LogP contribution in [0.25, 0.3) is 0 Å². The highest BCUT2D eigenvalue weighted by atomic mass is 16.5. The topological polar surface area (TPSA) is 108 Å². The number of carbonyl (C=O) groups is 3. The first kappa shape index (κ1) is 20.0. The Morgan fingerprint density at radius 2 is 1.89 bits per heavy atom. The molecule has 7 heteroatoms. The van der Waals surface area contributed by atoms with Gasteiger partial charge in [-0.1, -0.05) is 6.92 Å². The molecule has 0 bridgehead atoms. The minimum atomic E-state index is -0.860. The summed E-state index contributed by atoms with van der Waals surface area (Å²) in [5.41, 5.74) is 6.35. The summed E-state index contributed by atoms with van der Waals surface area (Å²) in [4.78, 5) is 34.6. The molecule has 1 atom stereocenters. The lowest BCUT2D eigenvalue weighted by molar-refractivity contribution is -0.122. The molecule has 0 aromatic heterocycles. The number of carbonyl (C=O) groups excluding carboxylic acids is 3. The first-order valence-electron chi connectivity index (χ1n) is 8.54. The zero-order valence-corrected chi connectivity index (χ0v) is 15.2. The van der Waals surface area contributed by atoms with E-state index in [9.17, 15) is 14.4 Å². The summed E-state index contributed by atoms with van der Waals surface area (Å²) < 4.78 is 11.2. The number of rotatable bonds is 9. The fourth-order valence-corrected chi connectivity index (χ4v) is 2.23. The Morgan fingerprint density at radius 3 is 2.48 bits per heavy atom. The normalized spacial score (nSPS) is 11.3. The minimum Gasteiger partial charge on any atom is -0.493 e. The molecule has 2 amide bonds. The summed E-state index contributed by atoms with van der Waals surface area (Å²) >= 11 is 0. The standard InChI is InChI=1S/C20H22N2O5/c1-3-10-26-17-9-6-15(12-23)18(11-17)27-13(2)20(25)22-16-7-4-14(5-8-16)19(21)24/h4-9,11-13H,3,10H2,1-2H3,(H2,21,24)(H,22,25)/t13-/m1/s1. The lowest BCUT2D eigenvalue weighted by atomic mass is 10.2. The predicted molar refractivity (Wildman–Crippen MR) is 101 cm³/mol. The van der Waals surface area contributed by atoms with Crippen LogP contribution in [0.4, 0.5) is 5.69 Å². The van der Waals surface area contributed by atoms with E-state index in [1.807, 2.05) is 6.92 Å². The Bertz CT molecular complexity index is 818. The van der Waals surface area contributed by atoms with Crippen molar-refractivity contribution in [2.45, 2.75) is 26.4 Å². The second-order valence-electron chi connectivity index (χ2n) is 5.86. The number of hydrogen-bond acceptors (Lipinski definition) is 5. The molecule has 0 unspecified atom stereocenters. The highest BCUT2D eigenvalue weighted by Gasteiger charge is 2.17. The van der Waals surface area contributed by atoms with E-state index in [1.54, 1.807) is 37.3 Å². The fourth-order valence-electron chi connectivity index (χ4n) is 2.23.